The molecule has 0 aliphatic rings. The Balaban J connectivity index is 1.89. The van der Waals surface area contributed by atoms with Gasteiger partial charge in [-0.2, -0.15) is 0 Å². The number of carbonyl (C=O) groups is 3. The molecule has 0 aromatic heterocycles. The number of hydrogen-bond acceptors (Lipinski definition) is 3. The third kappa shape index (κ3) is 6.27. The predicted octanol–water partition coefficient (Wildman–Crippen LogP) is 3.50. The number of hydrogen-bond donors (Lipinski definition) is 3. The highest BCUT2D eigenvalue weighted by Gasteiger charge is 2.12. The van der Waals surface area contributed by atoms with Gasteiger partial charge in [0.15, 0.2) is 0 Å². The molecule has 142 valence electrons. The van der Waals surface area contributed by atoms with Crippen LogP contribution >= 0.6 is 23.2 Å². The summed E-state index contributed by atoms with van der Waals surface area (Å²) in [5.74, 6) is -0.704. The van der Waals surface area contributed by atoms with Crippen LogP contribution < -0.4 is 16.0 Å². The molecule has 0 radical (unpaired) electrons. The van der Waals surface area contributed by atoms with Gasteiger partial charge in [-0.25, -0.2) is 0 Å². The summed E-state index contributed by atoms with van der Waals surface area (Å²) in [6.07, 6.45) is 0.405. The SMILES string of the molecule is CCC(=O)NCCNC(=O)c1ccc(NC(=O)c2ccc(Cl)cc2Cl)cc1. The largest absolute Gasteiger partial charge is 0.354 e. The minimum absolute atomic E-state index is 0.0647. The highest BCUT2D eigenvalue weighted by atomic mass is 35.5. The second-order valence-corrected chi connectivity index (χ2v) is 6.46. The van der Waals surface area contributed by atoms with Crippen LogP contribution in [0.2, 0.25) is 10.0 Å². The van der Waals surface area contributed by atoms with E-state index in [9.17, 15) is 14.4 Å². The summed E-state index contributed by atoms with van der Waals surface area (Å²) in [7, 11) is 0. The van der Waals surface area contributed by atoms with Crippen molar-refractivity contribution in [2.75, 3.05) is 18.4 Å². The molecule has 8 heteroatoms. The third-order valence-electron chi connectivity index (χ3n) is 3.63. The Morgan fingerprint density at radius 3 is 2.19 bits per heavy atom. The lowest BCUT2D eigenvalue weighted by atomic mass is 10.1. The van der Waals surface area contributed by atoms with Gasteiger partial charge in [-0.15, -0.1) is 0 Å². The Morgan fingerprint density at radius 2 is 1.56 bits per heavy atom. The molecule has 3 N–H and O–H groups in total. The average Bonchev–Trinajstić information content (AvgIpc) is 2.65. The molecule has 0 spiro atoms. The Bertz CT molecular complexity index is 839. The first kappa shape index (κ1) is 20.7. The fraction of sp³-hybridized carbons (Fsp3) is 0.211. The summed E-state index contributed by atoms with van der Waals surface area (Å²) < 4.78 is 0. The highest BCUT2D eigenvalue weighted by molar-refractivity contribution is 6.37. The van der Waals surface area contributed by atoms with E-state index in [1.54, 1.807) is 43.3 Å². The van der Waals surface area contributed by atoms with Crippen molar-refractivity contribution in [1.82, 2.24) is 10.6 Å². The fourth-order valence-electron chi connectivity index (χ4n) is 2.18. The minimum atomic E-state index is -0.375. The maximum atomic E-state index is 12.3. The van der Waals surface area contributed by atoms with E-state index in [2.05, 4.69) is 16.0 Å². The van der Waals surface area contributed by atoms with Crippen molar-refractivity contribution < 1.29 is 14.4 Å². The summed E-state index contributed by atoms with van der Waals surface area (Å²) >= 11 is 11.8. The van der Waals surface area contributed by atoms with Crippen LogP contribution in [0.15, 0.2) is 42.5 Å². The van der Waals surface area contributed by atoms with Gasteiger partial charge in [0.2, 0.25) is 5.91 Å². The van der Waals surface area contributed by atoms with Crippen LogP contribution in [0, 0.1) is 0 Å². The zero-order chi connectivity index (χ0) is 19.8. The fourth-order valence-corrected chi connectivity index (χ4v) is 2.68. The van der Waals surface area contributed by atoms with Gasteiger partial charge in [-0.05, 0) is 42.5 Å². The van der Waals surface area contributed by atoms with Gasteiger partial charge in [0.1, 0.15) is 0 Å². The van der Waals surface area contributed by atoms with E-state index in [0.717, 1.165) is 0 Å². The van der Waals surface area contributed by atoms with E-state index in [1.807, 2.05) is 0 Å². The van der Waals surface area contributed by atoms with Crippen molar-refractivity contribution in [3.8, 4) is 0 Å². The second-order valence-electron chi connectivity index (χ2n) is 5.62. The molecule has 6 nitrogen and oxygen atoms in total. The van der Waals surface area contributed by atoms with Crippen LogP contribution in [0.1, 0.15) is 34.1 Å². The molecule has 0 aliphatic heterocycles. The monoisotopic (exact) mass is 407 g/mol. The van der Waals surface area contributed by atoms with Gasteiger partial charge in [-0.3, -0.25) is 14.4 Å². The quantitative estimate of drug-likeness (QED) is 0.613. The first-order valence-corrected chi connectivity index (χ1v) is 9.07. The molecule has 0 saturated heterocycles. The number of nitrogens with one attached hydrogen (secondary N) is 3. The third-order valence-corrected chi connectivity index (χ3v) is 4.18. The molecule has 2 aromatic rings. The van der Waals surface area contributed by atoms with Crippen LogP contribution in [0.25, 0.3) is 0 Å². The maximum absolute atomic E-state index is 12.3. The van der Waals surface area contributed by atoms with Crippen LogP contribution in [0.4, 0.5) is 5.69 Å². The lowest BCUT2D eigenvalue weighted by molar-refractivity contribution is -0.120. The van der Waals surface area contributed by atoms with Gasteiger partial charge in [0.05, 0.1) is 10.6 Å². The molecular formula is C19H19Cl2N3O3. The van der Waals surface area contributed by atoms with Crippen molar-refractivity contribution in [3.05, 3.63) is 63.6 Å². The summed E-state index contributed by atoms with van der Waals surface area (Å²) in [5, 5.41) is 8.79. The Morgan fingerprint density at radius 1 is 0.889 bits per heavy atom. The molecule has 27 heavy (non-hydrogen) atoms. The van der Waals surface area contributed by atoms with Crippen molar-refractivity contribution in [3.63, 3.8) is 0 Å². The summed E-state index contributed by atoms with van der Waals surface area (Å²) in [6, 6.07) is 11.1. The molecule has 0 atom stereocenters. The van der Waals surface area contributed by atoms with E-state index >= 15 is 0 Å². The van der Waals surface area contributed by atoms with Gasteiger partial charge < -0.3 is 16.0 Å². The zero-order valence-electron chi connectivity index (χ0n) is 14.6. The molecule has 0 aliphatic carbocycles. The summed E-state index contributed by atoms with van der Waals surface area (Å²) in [6.45, 7) is 2.46. The number of carbonyl (C=O) groups excluding carboxylic acids is 3. The maximum Gasteiger partial charge on any atom is 0.257 e. The van der Waals surface area contributed by atoms with E-state index in [0.29, 0.717) is 41.3 Å². The highest BCUT2D eigenvalue weighted by Crippen LogP contribution is 2.22. The average molecular weight is 408 g/mol. The standard InChI is InChI=1S/C19H19Cl2N3O3/c1-2-17(25)22-9-10-23-18(26)12-3-6-14(7-4-12)24-19(27)15-8-5-13(20)11-16(15)21/h3-8,11H,2,9-10H2,1H3,(H,22,25)(H,23,26)(H,24,27). The molecule has 0 heterocycles. The number of amides is 3. The molecule has 2 rings (SSSR count). The Kier molecular flexibility index (Phi) is 7.64. The molecule has 0 unspecified atom stereocenters. The van der Waals surface area contributed by atoms with Crippen LogP contribution in [-0.2, 0) is 4.79 Å². The van der Waals surface area contributed by atoms with Crippen LogP contribution in [0.3, 0.4) is 0 Å². The van der Waals surface area contributed by atoms with E-state index in [-0.39, 0.29) is 22.7 Å². The molecule has 0 saturated carbocycles. The topological polar surface area (TPSA) is 87.3 Å². The van der Waals surface area contributed by atoms with E-state index < -0.39 is 0 Å². The van der Waals surface area contributed by atoms with Gasteiger partial charge in [-0.1, -0.05) is 30.1 Å². The molecule has 0 fully saturated rings. The van der Waals surface area contributed by atoms with Crippen LogP contribution in [-0.4, -0.2) is 30.8 Å². The Labute approximate surface area is 167 Å². The van der Waals surface area contributed by atoms with Gasteiger partial charge in [0.25, 0.3) is 11.8 Å². The van der Waals surface area contributed by atoms with Crippen molar-refractivity contribution in [2.24, 2.45) is 0 Å². The van der Waals surface area contributed by atoms with Crippen molar-refractivity contribution in [1.29, 1.82) is 0 Å². The minimum Gasteiger partial charge on any atom is -0.354 e. The number of rotatable bonds is 7. The lowest BCUT2D eigenvalue weighted by Gasteiger charge is -2.09. The number of benzene rings is 2. The first-order chi connectivity index (χ1) is 12.9. The van der Waals surface area contributed by atoms with E-state index in [4.69, 9.17) is 23.2 Å². The number of anilines is 1. The van der Waals surface area contributed by atoms with Crippen molar-refractivity contribution in [2.45, 2.75) is 13.3 Å². The smallest absolute Gasteiger partial charge is 0.257 e. The molecule has 3 amide bonds. The van der Waals surface area contributed by atoms with Crippen molar-refractivity contribution >= 4 is 46.6 Å². The number of halogens is 2. The first-order valence-electron chi connectivity index (χ1n) is 8.32. The van der Waals surface area contributed by atoms with E-state index in [1.165, 1.54) is 6.07 Å². The molecule has 0 bridgehead atoms. The lowest BCUT2D eigenvalue weighted by Crippen LogP contribution is -2.34. The summed E-state index contributed by atoms with van der Waals surface area (Å²) in [5.41, 5.74) is 1.27. The summed E-state index contributed by atoms with van der Waals surface area (Å²) in [4.78, 5) is 35.4. The molecular weight excluding hydrogens is 389 g/mol. The van der Waals surface area contributed by atoms with Crippen LogP contribution in [0.5, 0.6) is 0 Å². The Hall–Kier alpha value is -2.57. The molecule has 2 aromatic carbocycles. The van der Waals surface area contributed by atoms with Gasteiger partial charge >= 0.3 is 0 Å². The predicted molar refractivity (Wildman–Crippen MR) is 106 cm³/mol. The normalized spacial score (nSPS) is 10.2. The van der Waals surface area contributed by atoms with Gasteiger partial charge in [0, 0.05) is 35.8 Å². The second kappa shape index (κ2) is 9.94. The zero-order valence-corrected chi connectivity index (χ0v) is 16.2.